The van der Waals surface area contributed by atoms with Crippen LogP contribution in [0.25, 0.3) is 10.9 Å². The molecule has 1 aromatic heterocycles. The molecule has 1 aliphatic rings. The Bertz CT molecular complexity index is 1060. The van der Waals surface area contributed by atoms with Crippen molar-refractivity contribution in [2.24, 2.45) is 5.92 Å². The number of nitrogens with one attached hydrogen (secondary N) is 5. The summed E-state index contributed by atoms with van der Waals surface area (Å²) in [5, 5.41) is 21.6. The van der Waals surface area contributed by atoms with E-state index in [-0.39, 0.29) is 24.3 Å². The Morgan fingerprint density at radius 1 is 1.03 bits per heavy atom. The average Bonchev–Trinajstić information content (AvgIpc) is 3.48. The van der Waals surface area contributed by atoms with Gasteiger partial charge in [-0.1, -0.05) is 32.0 Å². The number of carboxylic acid groups (broad SMARTS) is 1. The molecule has 3 amide bonds. The summed E-state index contributed by atoms with van der Waals surface area (Å²) < 4.78 is 0. The lowest BCUT2D eigenvalue weighted by atomic mass is 10.0. The van der Waals surface area contributed by atoms with Crippen molar-refractivity contribution < 1.29 is 24.3 Å². The van der Waals surface area contributed by atoms with Gasteiger partial charge in [-0.3, -0.25) is 14.4 Å². The molecule has 2 aromatic rings. The number of aromatic nitrogens is 1. The predicted octanol–water partition coefficient (Wildman–Crippen LogP) is 1.07. The van der Waals surface area contributed by atoms with Crippen molar-refractivity contribution in [2.45, 2.75) is 70.6 Å². The zero-order valence-electron chi connectivity index (χ0n) is 20.4. The highest BCUT2D eigenvalue weighted by molar-refractivity contribution is 5.94. The number of carboxylic acids is 1. The number of H-pyrrole nitrogens is 1. The van der Waals surface area contributed by atoms with Gasteiger partial charge < -0.3 is 31.4 Å². The van der Waals surface area contributed by atoms with Crippen molar-refractivity contribution in [3.63, 3.8) is 0 Å². The smallest absolute Gasteiger partial charge is 0.326 e. The molecule has 4 atom stereocenters. The quantitative estimate of drug-likeness (QED) is 0.280. The van der Waals surface area contributed by atoms with Crippen molar-refractivity contribution in [1.29, 1.82) is 0 Å². The molecule has 2 heterocycles. The van der Waals surface area contributed by atoms with Crippen LogP contribution in [0.15, 0.2) is 30.5 Å². The number of hydrogen-bond acceptors (Lipinski definition) is 5. The third kappa shape index (κ3) is 7.05. The fraction of sp³-hybridized carbons (Fsp3) is 0.520. The van der Waals surface area contributed by atoms with E-state index in [0.29, 0.717) is 12.8 Å². The topological polar surface area (TPSA) is 152 Å². The first kappa shape index (κ1) is 26.2. The molecule has 6 N–H and O–H groups in total. The van der Waals surface area contributed by atoms with Crippen LogP contribution >= 0.6 is 0 Å². The molecule has 0 spiro atoms. The van der Waals surface area contributed by atoms with E-state index in [1.165, 1.54) is 6.92 Å². The lowest BCUT2D eigenvalue weighted by molar-refractivity contribution is -0.142. The molecule has 0 saturated carbocycles. The first-order valence-corrected chi connectivity index (χ1v) is 12.1. The second-order valence-electron chi connectivity index (χ2n) is 9.53. The second-order valence-corrected chi connectivity index (χ2v) is 9.53. The highest BCUT2D eigenvalue weighted by atomic mass is 16.4. The van der Waals surface area contributed by atoms with Gasteiger partial charge in [0.2, 0.25) is 17.7 Å². The van der Waals surface area contributed by atoms with Gasteiger partial charge >= 0.3 is 5.97 Å². The monoisotopic (exact) mass is 485 g/mol. The van der Waals surface area contributed by atoms with Crippen molar-refractivity contribution in [1.82, 2.24) is 26.3 Å². The number of amides is 3. The van der Waals surface area contributed by atoms with Crippen LogP contribution in [-0.2, 0) is 25.6 Å². The summed E-state index contributed by atoms with van der Waals surface area (Å²) >= 11 is 0. The Morgan fingerprint density at radius 3 is 2.43 bits per heavy atom. The van der Waals surface area contributed by atoms with Crippen LogP contribution in [0.3, 0.4) is 0 Å². The third-order valence-corrected chi connectivity index (χ3v) is 6.18. The Labute approximate surface area is 204 Å². The standard InChI is InChI=1S/C25H35N5O5/c1-14(2)11-20(29-23(32)19-9-6-10-26-19)24(33)28-15(3)22(31)30-21(25(34)35)12-16-13-27-18-8-5-4-7-17(16)18/h4-5,7-8,13-15,19-21,26-27H,6,9-12H2,1-3H3,(H,28,33)(H,29,32)(H,30,31)(H,34,35). The van der Waals surface area contributed by atoms with Crippen molar-refractivity contribution in [3.05, 3.63) is 36.0 Å². The minimum absolute atomic E-state index is 0.0895. The molecular formula is C25H35N5O5. The predicted molar refractivity (Wildman–Crippen MR) is 132 cm³/mol. The SMILES string of the molecule is CC(C)CC(NC(=O)C1CCCN1)C(=O)NC(C)C(=O)NC(Cc1c[nH]c2ccccc12)C(=O)O. The van der Waals surface area contributed by atoms with Gasteiger partial charge in [-0.2, -0.15) is 0 Å². The molecule has 1 saturated heterocycles. The third-order valence-electron chi connectivity index (χ3n) is 6.18. The van der Waals surface area contributed by atoms with Crippen LogP contribution in [0, 0.1) is 5.92 Å². The Hall–Kier alpha value is -3.40. The van der Waals surface area contributed by atoms with Gasteiger partial charge in [0, 0.05) is 23.5 Å². The second kappa shape index (κ2) is 11.8. The summed E-state index contributed by atoms with van der Waals surface area (Å²) in [4.78, 5) is 53.2. The van der Waals surface area contributed by atoms with Crippen LogP contribution in [0.1, 0.15) is 45.6 Å². The Balaban J connectivity index is 1.61. The maximum atomic E-state index is 12.9. The van der Waals surface area contributed by atoms with E-state index in [1.54, 1.807) is 6.20 Å². The molecule has 0 radical (unpaired) electrons. The number of para-hydroxylation sites is 1. The van der Waals surface area contributed by atoms with E-state index in [9.17, 15) is 24.3 Å². The van der Waals surface area contributed by atoms with Crippen molar-refractivity contribution in [2.75, 3.05) is 6.54 Å². The van der Waals surface area contributed by atoms with E-state index < -0.39 is 35.9 Å². The van der Waals surface area contributed by atoms with E-state index in [1.807, 2.05) is 38.1 Å². The van der Waals surface area contributed by atoms with Gasteiger partial charge in [0.05, 0.1) is 6.04 Å². The van der Waals surface area contributed by atoms with Gasteiger partial charge in [-0.15, -0.1) is 0 Å². The Morgan fingerprint density at radius 2 is 1.77 bits per heavy atom. The van der Waals surface area contributed by atoms with Gasteiger partial charge in [-0.25, -0.2) is 4.79 Å². The van der Waals surface area contributed by atoms with Crippen LogP contribution < -0.4 is 21.3 Å². The van der Waals surface area contributed by atoms with E-state index in [0.717, 1.165) is 29.4 Å². The lowest BCUT2D eigenvalue weighted by Gasteiger charge is -2.24. The lowest BCUT2D eigenvalue weighted by Crippen LogP contribution is -2.56. The first-order chi connectivity index (χ1) is 16.7. The van der Waals surface area contributed by atoms with Crippen LogP contribution in [0.5, 0.6) is 0 Å². The molecule has 0 bridgehead atoms. The van der Waals surface area contributed by atoms with Crippen LogP contribution in [0.4, 0.5) is 0 Å². The molecule has 35 heavy (non-hydrogen) atoms. The molecule has 10 nitrogen and oxygen atoms in total. The molecule has 4 unspecified atom stereocenters. The van der Waals surface area contributed by atoms with Crippen LogP contribution in [-0.4, -0.2) is 64.5 Å². The normalized spacial score (nSPS) is 18.1. The molecule has 1 aromatic carbocycles. The van der Waals surface area contributed by atoms with Gasteiger partial charge in [0.15, 0.2) is 0 Å². The molecular weight excluding hydrogens is 450 g/mol. The maximum Gasteiger partial charge on any atom is 0.326 e. The number of hydrogen-bond donors (Lipinski definition) is 6. The van der Waals surface area contributed by atoms with Crippen molar-refractivity contribution in [3.8, 4) is 0 Å². The molecule has 3 rings (SSSR count). The number of carbonyl (C=O) groups excluding carboxylic acids is 3. The fourth-order valence-corrected chi connectivity index (χ4v) is 4.28. The number of rotatable bonds is 11. The number of carbonyl (C=O) groups is 4. The zero-order chi connectivity index (χ0) is 25.5. The van der Waals surface area contributed by atoms with Gasteiger partial charge in [0.1, 0.15) is 18.1 Å². The summed E-state index contributed by atoms with van der Waals surface area (Å²) in [6.45, 7) is 6.14. The highest BCUT2D eigenvalue weighted by Crippen LogP contribution is 2.19. The number of fused-ring (bicyclic) bond motifs is 1. The molecule has 1 aliphatic heterocycles. The molecule has 190 valence electrons. The Kier molecular flexibility index (Phi) is 8.86. The van der Waals surface area contributed by atoms with Crippen molar-refractivity contribution >= 4 is 34.6 Å². The number of aliphatic carboxylic acids is 1. The summed E-state index contributed by atoms with van der Waals surface area (Å²) in [6.07, 6.45) is 3.85. The molecule has 1 fully saturated rings. The zero-order valence-corrected chi connectivity index (χ0v) is 20.4. The minimum atomic E-state index is -1.17. The number of benzene rings is 1. The number of aromatic amines is 1. The summed E-state index contributed by atoms with van der Waals surface area (Å²) in [5.74, 6) is -2.35. The summed E-state index contributed by atoms with van der Waals surface area (Å²) in [6, 6.07) is 4.25. The van der Waals surface area contributed by atoms with E-state index in [2.05, 4.69) is 26.3 Å². The average molecular weight is 486 g/mol. The molecule has 0 aliphatic carbocycles. The fourth-order valence-electron chi connectivity index (χ4n) is 4.28. The molecule has 10 heteroatoms. The van der Waals surface area contributed by atoms with Gasteiger partial charge in [0.25, 0.3) is 0 Å². The first-order valence-electron chi connectivity index (χ1n) is 12.1. The highest BCUT2D eigenvalue weighted by Gasteiger charge is 2.30. The largest absolute Gasteiger partial charge is 0.480 e. The summed E-state index contributed by atoms with van der Waals surface area (Å²) in [7, 11) is 0. The van der Waals surface area contributed by atoms with Crippen LogP contribution in [0.2, 0.25) is 0 Å². The van der Waals surface area contributed by atoms with Gasteiger partial charge in [-0.05, 0) is 50.3 Å². The summed E-state index contributed by atoms with van der Waals surface area (Å²) in [5.41, 5.74) is 1.65. The van der Waals surface area contributed by atoms with E-state index >= 15 is 0 Å². The minimum Gasteiger partial charge on any atom is -0.480 e. The maximum absolute atomic E-state index is 12.9. The van der Waals surface area contributed by atoms with E-state index in [4.69, 9.17) is 0 Å².